The van der Waals surface area contributed by atoms with E-state index in [1.807, 2.05) is 30.3 Å². The normalized spacial score (nSPS) is 13.2. The van der Waals surface area contributed by atoms with Gasteiger partial charge in [-0.15, -0.1) is 0 Å². The molecule has 1 aliphatic rings. The number of hydrogen-bond acceptors (Lipinski definition) is 3. The average molecular weight is 255 g/mol. The number of rotatable bonds is 2. The molecule has 0 bridgehead atoms. The highest BCUT2D eigenvalue weighted by Gasteiger charge is 2.15. The van der Waals surface area contributed by atoms with Crippen molar-refractivity contribution >= 4 is 11.4 Å². The molecule has 2 aromatic carbocycles. The highest BCUT2D eigenvalue weighted by molar-refractivity contribution is 5.71. The van der Waals surface area contributed by atoms with Gasteiger partial charge in [0.2, 0.25) is 0 Å². The molecule has 98 valence electrons. The summed E-state index contributed by atoms with van der Waals surface area (Å²) in [4.78, 5) is 0. The van der Waals surface area contributed by atoms with Gasteiger partial charge in [0.15, 0.2) is 0 Å². The van der Waals surface area contributed by atoms with Gasteiger partial charge in [-0.1, -0.05) is 30.3 Å². The van der Waals surface area contributed by atoms with Crippen LogP contribution in [0.4, 0.5) is 11.4 Å². The van der Waals surface area contributed by atoms with Gasteiger partial charge in [-0.05, 0) is 35.6 Å². The van der Waals surface area contributed by atoms with Crippen molar-refractivity contribution in [2.45, 2.75) is 26.1 Å². The van der Waals surface area contributed by atoms with Crippen molar-refractivity contribution in [3.8, 4) is 0 Å². The number of anilines is 2. The summed E-state index contributed by atoms with van der Waals surface area (Å²) in [6.07, 6.45) is 1.89. The second-order valence-corrected chi connectivity index (χ2v) is 4.88. The fourth-order valence-electron chi connectivity index (χ4n) is 2.63. The Bertz CT molecular complexity index is 608. The lowest BCUT2D eigenvalue weighted by atomic mass is 10.0. The minimum atomic E-state index is 0.0419. The Kier molecular flexibility index (Phi) is 3.23. The maximum atomic E-state index is 9.44. The molecule has 0 saturated carbocycles. The molecule has 0 unspecified atom stereocenters. The maximum Gasteiger partial charge on any atom is 0.0702 e. The Morgan fingerprint density at radius 1 is 0.947 bits per heavy atom. The number of aryl methyl sites for hydroxylation is 2. The third-order valence-electron chi connectivity index (χ3n) is 3.68. The van der Waals surface area contributed by atoms with Gasteiger partial charge < -0.3 is 15.5 Å². The Labute approximate surface area is 112 Å². The number of aliphatic hydroxyl groups excluding tert-OH is 2. The molecule has 3 rings (SSSR count). The Balaban J connectivity index is 2.06. The van der Waals surface area contributed by atoms with E-state index < -0.39 is 0 Å². The summed E-state index contributed by atoms with van der Waals surface area (Å²) in [5.74, 6) is 0. The smallest absolute Gasteiger partial charge is 0.0702 e. The van der Waals surface area contributed by atoms with E-state index in [0.717, 1.165) is 35.3 Å². The summed E-state index contributed by atoms with van der Waals surface area (Å²) < 4.78 is 0. The van der Waals surface area contributed by atoms with Gasteiger partial charge >= 0.3 is 0 Å². The van der Waals surface area contributed by atoms with Crippen LogP contribution in [0.15, 0.2) is 36.4 Å². The minimum Gasteiger partial charge on any atom is -0.392 e. The van der Waals surface area contributed by atoms with Crippen LogP contribution in [0.3, 0.4) is 0 Å². The van der Waals surface area contributed by atoms with E-state index >= 15 is 0 Å². The Morgan fingerprint density at radius 3 is 2.58 bits per heavy atom. The van der Waals surface area contributed by atoms with Crippen molar-refractivity contribution in [1.82, 2.24) is 0 Å². The molecule has 0 amide bonds. The summed E-state index contributed by atoms with van der Waals surface area (Å²) in [7, 11) is 0. The highest BCUT2D eigenvalue weighted by Crippen LogP contribution is 2.33. The topological polar surface area (TPSA) is 52.5 Å². The molecule has 0 aliphatic carbocycles. The molecule has 0 atom stereocenters. The van der Waals surface area contributed by atoms with Crippen molar-refractivity contribution in [3.63, 3.8) is 0 Å². The minimum absolute atomic E-state index is 0.0419. The van der Waals surface area contributed by atoms with Crippen LogP contribution in [0.1, 0.15) is 22.3 Å². The third-order valence-corrected chi connectivity index (χ3v) is 3.68. The van der Waals surface area contributed by atoms with E-state index in [2.05, 4.69) is 11.4 Å². The number of fused-ring (bicyclic) bond motifs is 2. The van der Waals surface area contributed by atoms with Crippen LogP contribution >= 0.6 is 0 Å². The second-order valence-electron chi connectivity index (χ2n) is 4.88. The average Bonchev–Trinajstić information content (AvgIpc) is 2.65. The van der Waals surface area contributed by atoms with Gasteiger partial charge in [-0.2, -0.15) is 0 Å². The molecule has 3 heteroatoms. The molecule has 1 aliphatic heterocycles. The summed E-state index contributed by atoms with van der Waals surface area (Å²) in [6.45, 7) is 0.113. The van der Waals surface area contributed by atoms with Crippen LogP contribution in [-0.2, 0) is 26.1 Å². The maximum absolute atomic E-state index is 9.44. The first kappa shape index (κ1) is 12.2. The van der Waals surface area contributed by atoms with Gasteiger partial charge in [0.25, 0.3) is 0 Å². The number of nitrogens with one attached hydrogen (secondary N) is 1. The van der Waals surface area contributed by atoms with Crippen LogP contribution in [0, 0.1) is 0 Å². The molecular weight excluding hydrogens is 238 g/mol. The van der Waals surface area contributed by atoms with Crippen LogP contribution in [0.5, 0.6) is 0 Å². The molecule has 0 saturated heterocycles. The van der Waals surface area contributed by atoms with Crippen molar-refractivity contribution in [2.24, 2.45) is 0 Å². The Morgan fingerprint density at radius 2 is 1.79 bits per heavy atom. The van der Waals surface area contributed by atoms with E-state index in [1.54, 1.807) is 0 Å². The molecule has 0 radical (unpaired) electrons. The SMILES string of the molecule is OCc1ccc2c(c1)CCc1cccc(CO)c1N2. The monoisotopic (exact) mass is 255 g/mol. The second kappa shape index (κ2) is 5.03. The zero-order chi connectivity index (χ0) is 13.2. The summed E-state index contributed by atoms with van der Waals surface area (Å²) >= 11 is 0. The van der Waals surface area contributed by atoms with Crippen molar-refractivity contribution in [1.29, 1.82) is 0 Å². The van der Waals surface area contributed by atoms with Crippen molar-refractivity contribution in [3.05, 3.63) is 58.7 Å². The predicted octanol–water partition coefficient (Wildman–Crippen LogP) is 2.51. The summed E-state index contributed by atoms with van der Waals surface area (Å²) in [5.41, 5.74) is 6.41. The van der Waals surface area contributed by atoms with E-state index in [9.17, 15) is 10.2 Å². The van der Waals surface area contributed by atoms with Crippen LogP contribution < -0.4 is 5.32 Å². The molecule has 3 nitrogen and oxygen atoms in total. The molecule has 2 aromatic rings. The van der Waals surface area contributed by atoms with Crippen LogP contribution in [-0.4, -0.2) is 10.2 Å². The zero-order valence-corrected chi connectivity index (χ0v) is 10.7. The first-order valence-electron chi connectivity index (χ1n) is 6.53. The number of benzene rings is 2. The fourth-order valence-corrected chi connectivity index (χ4v) is 2.63. The third kappa shape index (κ3) is 2.23. The van der Waals surface area contributed by atoms with Crippen molar-refractivity contribution in [2.75, 3.05) is 5.32 Å². The number of aliphatic hydroxyl groups is 2. The standard InChI is InChI=1S/C16H17NO2/c18-9-11-4-7-15-13(8-11)6-5-12-2-1-3-14(10-19)16(12)17-15/h1-4,7-8,17-19H,5-6,9-10H2. The predicted molar refractivity (Wildman–Crippen MR) is 75.4 cm³/mol. The van der Waals surface area contributed by atoms with Gasteiger partial charge in [0, 0.05) is 16.9 Å². The largest absolute Gasteiger partial charge is 0.392 e. The quantitative estimate of drug-likeness (QED) is 0.773. The highest BCUT2D eigenvalue weighted by atomic mass is 16.3. The molecule has 0 fully saturated rings. The fraction of sp³-hybridized carbons (Fsp3) is 0.250. The number of para-hydroxylation sites is 1. The van der Waals surface area contributed by atoms with Crippen LogP contribution in [0.2, 0.25) is 0 Å². The lowest BCUT2D eigenvalue weighted by Crippen LogP contribution is -1.99. The summed E-state index contributed by atoms with van der Waals surface area (Å²) in [5, 5.41) is 22.1. The molecule has 1 heterocycles. The van der Waals surface area contributed by atoms with Gasteiger partial charge in [-0.3, -0.25) is 0 Å². The Hall–Kier alpha value is -1.84. The first-order chi connectivity index (χ1) is 9.31. The first-order valence-corrected chi connectivity index (χ1v) is 6.53. The molecule has 0 aromatic heterocycles. The van der Waals surface area contributed by atoms with E-state index in [0.29, 0.717) is 0 Å². The molecule has 0 spiro atoms. The van der Waals surface area contributed by atoms with E-state index in [-0.39, 0.29) is 13.2 Å². The molecule has 3 N–H and O–H groups in total. The van der Waals surface area contributed by atoms with Gasteiger partial charge in [0.1, 0.15) is 0 Å². The van der Waals surface area contributed by atoms with Gasteiger partial charge in [0.05, 0.1) is 13.2 Å². The molecule has 19 heavy (non-hydrogen) atoms. The zero-order valence-electron chi connectivity index (χ0n) is 10.7. The van der Waals surface area contributed by atoms with Crippen molar-refractivity contribution < 1.29 is 10.2 Å². The summed E-state index contributed by atoms with van der Waals surface area (Å²) in [6, 6.07) is 12.0. The molecular formula is C16H17NO2. The number of hydrogen-bond donors (Lipinski definition) is 3. The van der Waals surface area contributed by atoms with E-state index in [4.69, 9.17) is 0 Å². The lowest BCUT2D eigenvalue weighted by Gasteiger charge is -2.13. The van der Waals surface area contributed by atoms with Crippen LogP contribution in [0.25, 0.3) is 0 Å². The van der Waals surface area contributed by atoms with Gasteiger partial charge in [-0.25, -0.2) is 0 Å². The van der Waals surface area contributed by atoms with E-state index in [1.165, 1.54) is 11.1 Å². The lowest BCUT2D eigenvalue weighted by molar-refractivity contribution is 0.281.